The zero-order chi connectivity index (χ0) is 17.6. The van der Waals surface area contributed by atoms with Gasteiger partial charge in [0.05, 0.1) is 0 Å². The first-order valence-electron chi connectivity index (χ1n) is 10.1. The maximum atomic E-state index is 10.1. The van der Waals surface area contributed by atoms with Gasteiger partial charge in [-0.05, 0) is 54.5 Å². The highest BCUT2D eigenvalue weighted by molar-refractivity contribution is 5.44. The van der Waals surface area contributed by atoms with Crippen molar-refractivity contribution >= 4 is 0 Å². The van der Waals surface area contributed by atoms with Crippen LogP contribution in [-0.4, -0.2) is 34.3 Å². The summed E-state index contributed by atoms with van der Waals surface area (Å²) < 4.78 is 0. The van der Waals surface area contributed by atoms with Gasteiger partial charge in [-0.3, -0.25) is 0 Å². The molecule has 3 nitrogen and oxygen atoms in total. The second kappa shape index (κ2) is 6.40. The van der Waals surface area contributed by atoms with Gasteiger partial charge in [-0.1, -0.05) is 49.2 Å². The van der Waals surface area contributed by atoms with Crippen LogP contribution >= 0.6 is 0 Å². The van der Waals surface area contributed by atoms with E-state index in [1.165, 1.54) is 48.8 Å². The van der Waals surface area contributed by atoms with E-state index in [1.807, 2.05) is 6.07 Å². The molecule has 136 valence electrons. The lowest BCUT2D eigenvalue weighted by atomic mass is 9.60. The van der Waals surface area contributed by atoms with Gasteiger partial charge in [0.15, 0.2) is 0 Å². The van der Waals surface area contributed by atoms with Crippen LogP contribution in [0.5, 0.6) is 5.75 Å². The second-order valence-corrected chi connectivity index (χ2v) is 8.30. The van der Waals surface area contributed by atoms with Crippen molar-refractivity contribution in [3.63, 3.8) is 0 Å². The maximum Gasteiger partial charge on any atom is 0.115 e. The Labute approximate surface area is 156 Å². The van der Waals surface area contributed by atoms with Crippen LogP contribution in [0.15, 0.2) is 48.5 Å². The van der Waals surface area contributed by atoms with Gasteiger partial charge in [0.2, 0.25) is 0 Å². The van der Waals surface area contributed by atoms with Gasteiger partial charge in [0, 0.05) is 31.1 Å². The van der Waals surface area contributed by atoms with Crippen LogP contribution in [0.4, 0.5) is 0 Å². The van der Waals surface area contributed by atoms with Crippen molar-refractivity contribution in [3.05, 3.63) is 65.2 Å². The highest BCUT2D eigenvalue weighted by Gasteiger charge is 2.52. The number of phenolic OH excluding ortho intramolecular Hbond substituents is 1. The van der Waals surface area contributed by atoms with Crippen molar-refractivity contribution in [3.8, 4) is 5.75 Å². The van der Waals surface area contributed by atoms with E-state index in [0.717, 1.165) is 26.1 Å². The number of aromatic hydroxyl groups is 1. The van der Waals surface area contributed by atoms with Crippen molar-refractivity contribution in [2.45, 2.75) is 56.5 Å². The molecule has 2 aromatic carbocycles. The highest BCUT2D eigenvalue weighted by atomic mass is 16.3. The minimum atomic E-state index is 0.258. The second-order valence-electron chi connectivity index (χ2n) is 8.30. The summed E-state index contributed by atoms with van der Waals surface area (Å²) in [6.07, 6.45) is 7.56. The highest BCUT2D eigenvalue weighted by Crippen LogP contribution is 2.52. The number of nitrogens with zero attached hydrogens (tertiary/aromatic N) is 2. The normalized spacial score (nSPS) is 30.5. The Morgan fingerprint density at radius 3 is 2.81 bits per heavy atom. The summed E-state index contributed by atoms with van der Waals surface area (Å²) in [5.74, 6) is 0.433. The molecule has 1 aliphatic carbocycles. The first-order valence-corrected chi connectivity index (χ1v) is 10.1. The van der Waals surface area contributed by atoms with Crippen LogP contribution in [0.2, 0.25) is 0 Å². The van der Waals surface area contributed by atoms with Crippen LogP contribution in [0.3, 0.4) is 0 Å². The van der Waals surface area contributed by atoms with E-state index in [-0.39, 0.29) is 5.41 Å². The molecule has 2 fully saturated rings. The first-order chi connectivity index (χ1) is 12.8. The van der Waals surface area contributed by atoms with E-state index in [4.69, 9.17) is 0 Å². The van der Waals surface area contributed by atoms with Crippen molar-refractivity contribution in [1.29, 1.82) is 0 Å². The molecule has 3 aliphatic rings. The van der Waals surface area contributed by atoms with E-state index in [0.29, 0.717) is 11.8 Å². The van der Waals surface area contributed by atoms with Gasteiger partial charge >= 0.3 is 0 Å². The zero-order valence-corrected chi connectivity index (χ0v) is 15.4. The van der Waals surface area contributed by atoms with Crippen molar-refractivity contribution < 1.29 is 5.11 Å². The molecular weight excluding hydrogens is 320 g/mol. The summed E-state index contributed by atoms with van der Waals surface area (Å²) in [6, 6.07) is 17.6. The fraction of sp³-hybridized carbons (Fsp3) is 0.478. The van der Waals surface area contributed by atoms with Crippen LogP contribution in [-0.2, 0) is 18.4 Å². The number of fused-ring (bicyclic) bond motifs is 1. The third kappa shape index (κ3) is 2.57. The smallest absolute Gasteiger partial charge is 0.115 e. The number of benzene rings is 2. The van der Waals surface area contributed by atoms with Crippen LogP contribution in [0.25, 0.3) is 0 Å². The Kier molecular flexibility index (Phi) is 4.02. The molecule has 0 amide bonds. The minimum Gasteiger partial charge on any atom is -0.508 e. The lowest BCUT2D eigenvalue weighted by molar-refractivity contribution is -0.152. The van der Waals surface area contributed by atoms with E-state index in [9.17, 15) is 5.11 Å². The average molecular weight is 348 g/mol. The summed E-state index contributed by atoms with van der Waals surface area (Å²) in [5.41, 5.74) is 4.55. The third-order valence-corrected chi connectivity index (χ3v) is 6.99. The summed E-state index contributed by atoms with van der Waals surface area (Å²) in [7, 11) is 0. The Bertz CT molecular complexity index is 790. The first kappa shape index (κ1) is 16.3. The number of hydrogen-bond donors (Lipinski definition) is 1. The molecule has 0 spiro atoms. The third-order valence-electron chi connectivity index (χ3n) is 6.99. The molecule has 2 aliphatic heterocycles. The quantitative estimate of drug-likeness (QED) is 0.898. The van der Waals surface area contributed by atoms with E-state index in [1.54, 1.807) is 0 Å². The molecule has 2 heterocycles. The molecule has 1 saturated heterocycles. The van der Waals surface area contributed by atoms with Crippen molar-refractivity contribution in [2.75, 3.05) is 13.1 Å². The van der Waals surface area contributed by atoms with Crippen LogP contribution in [0, 0.1) is 0 Å². The number of phenols is 1. The molecule has 26 heavy (non-hydrogen) atoms. The standard InChI is InChI=1S/C23H28N2O/c26-20-10-9-19-17-25-22-8-4-5-12-23(22,21(19)16-20)13-15-24(25)14-11-18-6-2-1-3-7-18/h1-3,6-7,9-10,16,22,26H,4-5,8,11-15,17H2. The van der Waals surface area contributed by atoms with Gasteiger partial charge in [-0.2, -0.15) is 0 Å². The predicted octanol–water partition coefficient (Wildman–Crippen LogP) is 4.25. The molecule has 3 atom stereocenters. The molecule has 1 saturated carbocycles. The molecular formula is C23H28N2O. The van der Waals surface area contributed by atoms with Gasteiger partial charge in [0.1, 0.15) is 5.75 Å². The van der Waals surface area contributed by atoms with E-state index >= 15 is 0 Å². The average Bonchev–Trinajstić information content (AvgIpc) is 2.69. The molecule has 3 unspecified atom stereocenters. The van der Waals surface area contributed by atoms with E-state index in [2.05, 4.69) is 52.5 Å². The monoisotopic (exact) mass is 348 g/mol. The minimum absolute atomic E-state index is 0.258. The molecule has 3 heteroatoms. The van der Waals surface area contributed by atoms with Gasteiger partial charge in [-0.15, -0.1) is 0 Å². The Hall–Kier alpha value is -1.84. The number of hydrazine groups is 1. The van der Waals surface area contributed by atoms with Gasteiger partial charge in [0.25, 0.3) is 0 Å². The Balaban J connectivity index is 1.45. The fourth-order valence-electron chi connectivity index (χ4n) is 5.74. The van der Waals surface area contributed by atoms with Crippen molar-refractivity contribution in [1.82, 2.24) is 10.0 Å². The summed E-state index contributed by atoms with van der Waals surface area (Å²) in [6.45, 7) is 3.24. The molecule has 2 bridgehead atoms. The SMILES string of the molecule is Oc1ccc2c(c1)C13CCCCC1N(C2)N(CCc1ccccc1)CC3. The Morgan fingerprint density at radius 2 is 1.92 bits per heavy atom. The van der Waals surface area contributed by atoms with Crippen LogP contribution < -0.4 is 0 Å². The predicted molar refractivity (Wildman–Crippen MR) is 104 cm³/mol. The summed E-state index contributed by atoms with van der Waals surface area (Å²) in [5, 5.41) is 15.4. The fourth-order valence-corrected chi connectivity index (χ4v) is 5.74. The topological polar surface area (TPSA) is 26.7 Å². The number of rotatable bonds is 3. The van der Waals surface area contributed by atoms with Crippen molar-refractivity contribution in [2.24, 2.45) is 0 Å². The maximum absolute atomic E-state index is 10.1. The van der Waals surface area contributed by atoms with Crippen LogP contribution in [0.1, 0.15) is 48.8 Å². The molecule has 0 radical (unpaired) electrons. The molecule has 0 aromatic heterocycles. The van der Waals surface area contributed by atoms with Gasteiger partial charge < -0.3 is 5.11 Å². The van der Waals surface area contributed by atoms with Gasteiger partial charge in [-0.25, -0.2) is 10.0 Å². The lowest BCUT2D eigenvalue weighted by Crippen LogP contribution is -2.66. The van der Waals surface area contributed by atoms with E-state index < -0.39 is 0 Å². The molecule has 1 N–H and O–H groups in total. The number of hydrogen-bond acceptors (Lipinski definition) is 3. The lowest BCUT2D eigenvalue weighted by Gasteiger charge is -2.60. The summed E-state index contributed by atoms with van der Waals surface area (Å²) in [4.78, 5) is 0. The largest absolute Gasteiger partial charge is 0.508 e. The zero-order valence-electron chi connectivity index (χ0n) is 15.4. The summed E-state index contributed by atoms with van der Waals surface area (Å²) >= 11 is 0. The molecule has 5 rings (SSSR count). The Morgan fingerprint density at radius 1 is 1.04 bits per heavy atom. The molecule has 2 aromatic rings.